The van der Waals surface area contributed by atoms with E-state index in [1.54, 1.807) is 13.0 Å². The van der Waals surface area contributed by atoms with Gasteiger partial charge < -0.3 is 4.90 Å². The van der Waals surface area contributed by atoms with Gasteiger partial charge in [0.05, 0.1) is 0 Å². The van der Waals surface area contributed by atoms with Crippen molar-refractivity contribution in [2.75, 3.05) is 11.4 Å². The zero-order valence-electron chi connectivity index (χ0n) is 11.1. The van der Waals surface area contributed by atoms with E-state index in [-0.39, 0.29) is 5.82 Å². The molecule has 19 heavy (non-hydrogen) atoms. The van der Waals surface area contributed by atoms with Gasteiger partial charge in [-0.15, -0.1) is 0 Å². The molecule has 0 atom stereocenters. The molecule has 0 aliphatic carbocycles. The largest absolute Gasteiger partial charge is 0.326 e. The Morgan fingerprint density at radius 2 is 2.00 bits per heavy atom. The van der Waals surface area contributed by atoms with E-state index >= 15 is 0 Å². The van der Waals surface area contributed by atoms with Crippen LogP contribution in [0.15, 0.2) is 24.3 Å². The van der Waals surface area contributed by atoms with E-state index in [2.05, 4.69) is 9.97 Å². The molecule has 0 aliphatic rings. The van der Waals surface area contributed by atoms with Crippen LogP contribution in [-0.2, 0) is 0 Å². The first-order valence-electron chi connectivity index (χ1n) is 6.06. The number of rotatable bonds is 3. The molecule has 100 valence electrons. The summed E-state index contributed by atoms with van der Waals surface area (Å²) in [6.07, 6.45) is 0. The van der Waals surface area contributed by atoms with E-state index < -0.39 is 0 Å². The first-order valence-corrected chi connectivity index (χ1v) is 6.44. The SMILES string of the molecule is CCN(c1cccc(F)c1)c1nc(C)nc(Cl)c1C. The number of nitrogens with zero attached hydrogens (tertiary/aromatic N) is 3. The molecule has 0 fully saturated rings. The molecular formula is C14H15ClFN3. The van der Waals surface area contributed by atoms with Crippen molar-refractivity contribution in [2.24, 2.45) is 0 Å². The lowest BCUT2D eigenvalue weighted by Gasteiger charge is -2.24. The normalized spacial score (nSPS) is 10.6. The van der Waals surface area contributed by atoms with Crippen molar-refractivity contribution in [1.29, 1.82) is 0 Å². The first kappa shape index (κ1) is 13.7. The predicted octanol–water partition coefficient (Wildman–Crippen LogP) is 4.04. The third-order valence-corrected chi connectivity index (χ3v) is 3.23. The molecule has 0 amide bonds. The fourth-order valence-electron chi connectivity index (χ4n) is 1.94. The molecule has 3 nitrogen and oxygen atoms in total. The topological polar surface area (TPSA) is 29.0 Å². The molecule has 2 rings (SSSR count). The fraction of sp³-hybridized carbons (Fsp3) is 0.286. The van der Waals surface area contributed by atoms with E-state index in [1.807, 2.05) is 24.8 Å². The van der Waals surface area contributed by atoms with Gasteiger partial charge in [-0.1, -0.05) is 17.7 Å². The molecule has 0 radical (unpaired) electrons. The molecule has 0 saturated carbocycles. The van der Waals surface area contributed by atoms with E-state index in [9.17, 15) is 4.39 Å². The molecular weight excluding hydrogens is 265 g/mol. The van der Waals surface area contributed by atoms with Crippen molar-refractivity contribution >= 4 is 23.1 Å². The van der Waals surface area contributed by atoms with Crippen molar-refractivity contribution in [3.8, 4) is 0 Å². The number of anilines is 2. The van der Waals surface area contributed by atoms with Gasteiger partial charge in [-0.05, 0) is 39.0 Å². The van der Waals surface area contributed by atoms with E-state index in [4.69, 9.17) is 11.6 Å². The van der Waals surface area contributed by atoms with Crippen LogP contribution in [0.25, 0.3) is 0 Å². The molecule has 1 aromatic heterocycles. The molecule has 2 aromatic rings. The highest BCUT2D eigenvalue weighted by Gasteiger charge is 2.15. The maximum atomic E-state index is 13.4. The molecule has 1 aromatic carbocycles. The molecule has 0 N–H and O–H groups in total. The Hall–Kier alpha value is -1.68. The second kappa shape index (κ2) is 5.53. The summed E-state index contributed by atoms with van der Waals surface area (Å²) in [5, 5.41) is 0.428. The Labute approximate surface area is 117 Å². The molecule has 5 heteroatoms. The Morgan fingerprint density at radius 1 is 1.26 bits per heavy atom. The Kier molecular flexibility index (Phi) is 4.00. The van der Waals surface area contributed by atoms with Crippen LogP contribution in [0.3, 0.4) is 0 Å². The van der Waals surface area contributed by atoms with Gasteiger partial charge in [-0.2, -0.15) is 0 Å². The van der Waals surface area contributed by atoms with Gasteiger partial charge in [0.2, 0.25) is 0 Å². The van der Waals surface area contributed by atoms with Gasteiger partial charge in [0.25, 0.3) is 0 Å². The van der Waals surface area contributed by atoms with Gasteiger partial charge in [0.1, 0.15) is 22.6 Å². The summed E-state index contributed by atoms with van der Waals surface area (Å²) in [6.45, 7) is 6.29. The van der Waals surface area contributed by atoms with Crippen LogP contribution in [0.5, 0.6) is 0 Å². The van der Waals surface area contributed by atoms with Crippen LogP contribution >= 0.6 is 11.6 Å². The second-order valence-electron chi connectivity index (χ2n) is 4.23. The molecule has 0 bridgehead atoms. The highest BCUT2D eigenvalue weighted by molar-refractivity contribution is 6.30. The molecule has 0 unspecified atom stereocenters. The number of aromatic nitrogens is 2. The lowest BCUT2D eigenvalue weighted by molar-refractivity contribution is 0.627. The van der Waals surface area contributed by atoms with Gasteiger partial charge in [-0.25, -0.2) is 14.4 Å². The van der Waals surface area contributed by atoms with E-state index in [0.29, 0.717) is 23.3 Å². The van der Waals surface area contributed by atoms with Crippen LogP contribution in [0.4, 0.5) is 15.9 Å². The summed E-state index contributed by atoms with van der Waals surface area (Å²) >= 11 is 6.09. The maximum absolute atomic E-state index is 13.4. The van der Waals surface area contributed by atoms with Crippen LogP contribution in [-0.4, -0.2) is 16.5 Å². The van der Waals surface area contributed by atoms with Crippen LogP contribution in [0.2, 0.25) is 5.15 Å². The number of hydrogen-bond acceptors (Lipinski definition) is 3. The zero-order chi connectivity index (χ0) is 14.0. The molecule has 0 spiro atoms. The molecule has 0 aliphatic heterocycles. The Balaban J connectivity index is 2.54. The summed E-state index contributed by atoms with van der Waals surface area (Å²) in [5.41, 5.74) is 1.54. The smallest absolute Gasteiger partial charge is 0.141 e. The predicted molar refractivity (Wildman–Crippen MR) is 75.6 cm³/mol. The summed E-state index contributed by atoms with van der Waals surface area (Å²) in [7, 11) is 0. The Morgan fingerprint density at radius 3 is 2.63 bits per heavy atom. The highest BCUT2D eigenvalue weighted by Crippen LogP contribution is 2.29. The lowest BCUT2D eigenvalue weighted by Crippen LogP contribution is -2.19. The fourth-order valence-corrected chi connectivity index (χ4v) is 2.15. The average Bonchev–Trinajstić information content (AvgIpc) is 2.36. The minimum absolute atomic E-state index is 0.273. The number of benzene rings is 1. The summed E-state index contributed by atoms with van der Waals surface area (Å²) in [6, 6.07) is 6.42. The van der Waals surface area contributed by atoms with Gasteiger partial charge in [-0.3, -0.25) is 0 Å². The zero-order valence-corrected chi connectivity index (χ0v) is 11.9. The third kappa shape index (κ3) is 2.84. The van der Waals surface area contributed by atoms with Crippen LogP contribution in [0.1, 0.15) is 18.3 Å². The quantitative estimate of drug-likeness (QED) is 0.794. The first-order chi connectivity index (χ1) is 9.02. The molecule has 0 saturated heterocycles. The Bertz CT molecular complexity index is 601. The molecule has 1 heterocycles. The number of halogens is 2. The standard InChI is InChI=1S/C14H15ClFN3/c1-4-19(12-7-5-6-11(16)8-12)14-9(2)13(15)17-10(3)18-14/h5-8H,4H2,1-3H3. The van der Waals surface area contributed by atoms with Crippen molar-refractivity contribution < 1.29 is 4.39 Å². The lowest BCUT2D eigenvalue weighted by atomic mass is 10.2. The third-order valence-electron chi connectivity index (χ3n) is 2.86. The highest BCUT2D eigenvalue weighted by atomic mass is 35.5. The van der Waals surface area contributed by atoms with E-state index in [0.717, 1.165) is 11.3 Å². The van der Waals surface area contributed by atoms with Crippen LogP contribution in [0, 0.1) is 19.7 Å². The summed E-state index contributed by atoms with van der Waals surface area (Å²) < 4.78 is 13.4. The van der Waals surface area contributed by atoms with E-state index in [1.165, 1.54) is 12.1 Å². The monoisotopic (exact) mass is 279 g/mol. The van der Waals surface area contributed by atoms with Crippen LogP contribution < -0.4 is 4.90 Å². The second-order valence-corrected chi connectivity index (χ2v) is 4.59. The van der Waals surface area contributed by atoms with Crippen molar-refractivity contribution in [1.82, 2.24) is 9.97 Å². The minimum Gasteiger partial charge on any atom is -0.326 e. The number of hydrogen-bond donors (Lipinski definition) is 0. The summed E-state index contributed by atoms with van der Waals surface area (Å²) in [4.78, 5) is 10.4. The van der Waals surface area contributed by atoms with Gasteiger partial charge in [0, 0.05) is 17.8 Å². The number of aryl methyl sites for hydroxylation is 1. The van der Waals surface area contributed by atoms with Gasteiger partial charge in [0.15, 0.2) is 0 Å². The minimum atomic E-state index is -0.273. The van der Waals surface area contributed by atoms with Crippen molar-refractivity contribution in [2.45, 2.75) is 20.8 Å². The summed E-state index contributed by atoms with van der Waals surface area (Å²) in [5.74, 6) is 1.04. The van der Waals surface area contributed by atoms with Crippen molar-refractivity contribution in [3.05, 3.63) is 46.6 Å². The van der Waals surface area contributed by atoms with Gasteiger partial charge >= 0.3 is 0 Å². The average molecular weight is 280 g/mol. The van der Waals surface area contributed by atoms with Crippen molar-refractivity contribution in [3.63, 3.8) is 0 Å². The maximum Gasteiger partial charge on any atom is 0.141 e.